The average molecular weight is 317 g/mol. The molecule has 1 amide bonds. The Hall–Kier alpha value is -1.10. The van der Waals surface area contributed by atoms with Crippen LogP contribution in [0, 0.1) is 11.7 Å². The minimum absolute atomic E-state index is 0.0974. The molecule has 0 heterocycles. The topological polar surface area (TPSA) is 41.1 Å². The van der Waals surface area contributed by atoms with E-state index in [9.17, 15) is 9.18 Å². The number of anilines is 1. The van der Waals surface area contributed by atoms with Crippen LogP contribution < -0.4 is 10.6 Å². The van der Waals surface area contributed by atoms with E-state index in [1.54, 1.807) is 13.0 Å². The lowest BCUT2D eigenvalue weighted by Gasteiger charge is -2.17. The molecule has 0 aliphatic heterocycles. The highest BCUT2D eigenvalue weighted by molar-refractivity contribution is 9.10. The van der Waals surface area contributed by atoms with Gasteiger partial charge in [-0.1, -0.05) is 13.8 Å². The van der Waals surface area contributed by atoms with Gasteiger partial charge < -0.3 is 10.6 Å². The number of halogens is 2. The Kier molecular flexibility index (Phi) is 5.59. The molecule has 3 nitrogen and oxygen atoms in total. The number of hydrogen-bond acceptors (Lipinski definition) is 2. The number of hydrogen-bond donors (Lipinski definition) is 2. The second-order valence-corrected chi connectivity index (χ2v) is 5.48. The third-order valence-corrected chi connectivity index (χ3v) is 3.07. The molecular weight excluding hydrogens is 299 g/mol. The molecular formula is C13H18BrFN2O. The van der Waals surface area contributed by atoms with Crippen LogP contribution in [0.1, 0.15) is 20.8 Å². The van der Waals surface area contributed by atoms with E-state index in [1.807, 2.05) is 13.8 Å². The van der Waals surface area contributed by atoms with Gasteiger partial charge in [0.1, 0.15) is 11.9 Å². The molecule has 5 heteroatoms. The van der Waals surface area contributed by atoms with Crippen molar-refractivity contribution in [1.29, 1.82) is 0 Å². The number of nitrogens with one attached hydrogen (secondary N) is 2. The van der Waals surface area contributed by atoms with Gasteiger partial charge in [-0.2, -0.15) is 0 Å². The molecule has 0 aliphatic carbocycles. The second-order valence-electron chi connectivity index (χ2n) is 4.63. The van der Waals surface area contributed by atoms with Crippen molar-refractivity contribution in [3.8, 4) is 0 Å². The van der Waals surface area contributed by atoms with E-state index >= 15 is 0 Å². The molecule has 0 saturated heterocycles. The first kappa shape index (κ1) is 15.0. The molecule has 1 aromatic rings. The fraction of sp³-hybridized carbons (Fsp3) is 0.462. The Morgan fingerprint density at radius 1 is 1.39 bits per heavy atom. The maximum Gasteiger partial charge on any atom is 0.242 e. The van der Waals surface area contributed by atoms with Gasteiger partial charge in [-0.15, -0.1) is 0 Å². The Balaban J connectivity index is 2.60. The van der Waals surface area contributed by atoms with Crippen molar-refractivity contribution in [2.45, 2.75) is 26.8 Å². The standard InChI is InChI=1S/C13H18BrFN2O/c1-8(2)7-16-13(18)9(3)17-12-6-10(15)4-5-11(12)14/h4-6,8-9,17H,7H2,1-3H3,(H,16,18). The molecule has 1 atom stereocenters. The SMILES string of the molecule is CC(C)CNC(=O)C(C)Nc1cc(F)ccc1Br. The highest BCUT2D eigenvalue weighted by atomic mass is 79.9. The van der Waals surface area contributed by atoms with E-state index < -0.39 is 6.04 Å². The van der Waals surface area contributed by atoms with Gasteiger partial charge in [-0.25, -0.2) is 4.39 Å². The van der Waals surface area contributed by atoms with E-state index in [1.165, 1.54) is 12.1 Å². The molecule has 18 heavy (non-hydrogen) atoms. The Morgan fingerprint density at radius 3 is 2.67 bits per heavy atom. The summed E-state index contributed by atoms with van der Waals surface area (Å²) >= 11 is 3.31. The van der Waals surface area contributed by atoms with Crippen molar-refractivity contribution in [3.05, 3.63) is 28.5 Å². The molecule has 0 aliphatic rings. The van der Waals surface area contributed by atoms with Gasteiger partial charge in [0.25, 0.3) is 0 Å². The van der Waals surface area contributed by atoms with Crippen molar-refractivity contribution >= 4 is 27.5 Å². The fourth-order valence-corrected chi connectivity index (χ4v) is 1.73. The van der Waals surface area contributed by atoms with Crippen LogP contribution in [0.25, 0.3) is 0 Å². The summed E-state index contributed by atoms with van der Waals surface area (Å²) in [5, 5.41) is 5.80. The molecule has 0 spiro atoms. The van der Waals surface area contributed by atoms with Gasteiger partial charge >= 0.3 is 0 Å². The van der Waals surface area contributed by atoms with Gasteiger partial charge in [-0.3, -0.25) is 4.79 Å². The van der Waals surface area contributed by atoms with Crippen LogP contribution in [0.4, 0.5) is 10.1 Å². The third kappa shape index (κ3) is 4.64. The fourth-order valence-electron chi connectivity index (χ4n) is 1.36. The van der Waals surface area contributed by atoms with Crippen molar-refractivity contribution < 1.29 is 9.18 Å². The average Bonchev–Trinajstić information content (AvgIpc) is 2.30. The maximum absolute atomic E-state index is 13.1. The zero-order chi connectivity index (χ0) is 13.7. The van der Waals surface area contributed by atoms with Crippen molar-refractivity contribution in [2.24, 2.45) is 5.92 Å². The van der Waals surface area contributed by atoms with Crippen LogP contribution in [0.15, 0.2) is 22.7 Å². The molecule has 2 N–H and O–H groups in total. The summed E-state index contributed by atoms with van der Waals surface area (Å²) in [6, 6.07) is 3.91. The third-order valence-electron chi connectivity index (χ3n) is 2.38. The number of carbonyl (C=O) groups excluding carboxylic acids is 1. The van der Waals surface area contributed by atoms with Gasteiger partial charge in [-0.05, 0) is 47.0 Å². The Bertz CT molecular complexity index is 423. The van der Waals surface area contributed by atoms with E-state index in [0.29, 0.717) is 18.2 Å². The second kappa shape index (κ2) is 6.73. The molecule has 0 fully saturated rings. The van der Waals surface area contributed by atoms with Crippen LogP contribution >= 0.6 is 15.9 Å². The minimum atomic E-state index is -0.415. The molecule has 0 saturated carbocycles. The van der Waals surface area contributed by atoms with Crippen molar-refractivity contribution in [1.82, 2.24) is 5.32 Å². The van der Waals surface area contributed by atoms with Crippen molar-refractivity contribution in [3.63, 3.8) is 0 Å². The van der Waals surface area contributed by atoms with Crippen LogP contribution in [0.3, 0.4) is 0 Å². The number of rotatable bonds is 5. The molecule has 100 valence electrons. The summed E-state index contributed by atoms with van der Waals surface area (Å²) in [6.07, 6.45) is 0. The van der Waals surface area contributed by atoms with Crippen LogP contribution in [-0.2, 0) is 4.79 Å². The van der Waals surface area contributed by atoms with Crippen LogP contribution in [-0.4, -0.2) is 18.5 Å². The lowest BCUT2D eigenvalue weighted by molar-refractivity contribution is -0.121. The first-order valence-corrected chi connectivity index (χ1v) is 6.68. The molecule has 0 radical (unpaired) electrons. The first-order chi connectivity index (χ1) is 8.40. The predicted octanol–water partition coefficient (Wildman–Crippen LogP) is 3.16. The van der Waals surface area contributed by atoms with E-state index in [0.717, 1.165) is 4.47 Å². The largest absolute Gasteiger partial charge is 0.373 e. The summed E-state index contributed by atoms with van der Waals surface area (Å²) in [5.41, 5.74) is 0.571. The quantitative estimate of drug-likeness (QED) is 0.876. The number of benzene rings is 1. The van der Waals surface area contributed by atoms with Crippen LogP contribution in [0.5, 0.6) is 0 Å². The first-order valence-electron chi connectivity index (χ1n) is 5.89. The summed E-state index contributed by atoms with van der Waals surface area (Å²) in [5.74, 6) is -0.0302. The summed E-state index contributed by atoms with van der Waals surface area (Å²) < 4.78 is 13.8. The molecule has 1 aromatic carbocycles. The predicted molar refractivity (Wildman–Crippen MR) is 75.0 cm³/mol. The molecule has 1 unspecified atom stereocenters. The van der Waals surface area contributed by atoms with E-state index in [2.05, 4.69) is 26.6 Å². The zero-order valence-corrected chi connectivity index (χ0v) is 12.3. The zero-order valence-electron chi connectivity index (χ0n) is 10.8. The van der Waals surface area contributed by atoms with E-state index in [4.69, 9.17) is 0 Å². The smallest absolute Gasteiger partial charge is 0.242 e. The van der Waals surface area contributed by atoms with Crippen molar-refractivity contribution in [2.75, 3.05) is 11.9 Å². The molecule has 1 rings (SSSR count). The number of carbonyl (C=O) groups is 1. The summed E-state index contributed by atoms with van der Waals surface area (Å²) in [4.78, 5) is 11.8. The molecule has 0 bridgehead atoms. The summed E-state index contributed by atoms with van der Waals surface area (Å²) in [7, 11) is 0. The highest BCUT2D eigenvalue weighted by Crippen LogP contribution is 2.23. The lowest BCUT2D eigenvalue weighted by Crippen LogP contribution is -2.39. The van der Waals surface area contributed by atoms with Gasteiger partial charge in [0, 0.05) is 11.0 Å². The Morgan fingerprint density at radius 2 is 2.06 bits per heavy atom. The normalized spacial score (nSPS) is 12.3. The summed E-state index contributed by atoms with van der Waals surface area (Å²) in [6.45, 7) is 6.44. The number of amides is 1. The maximum atomic E-state index is 13.1. The molecule has 0 aromatic heterocycles. The van der Waals surface area contributed by atoms with E-state index in [-0.39, 0.29) is 11.7 Å². The monoisotopic (exact) mass is 316 g/mol. The van der Waals surface area contributed by atoms with Gasteiger partial charge in [0.15, 0.2) is 0 Å². The van der Waals surface area contributed by atoms with Gasteiger partial charge in [0.2, 0.25) is 5.91 Å². The minimum Gasteiger partial charge on any atom is -0.373 e. The van der Waals surface area contributed by atoms with Crippen LogP contribution in [0.2, 0.25) is 0 Å². The van der Waals surface area contributed by atoms with Gasteiger partial charge in [0.05, 0.1) is 5.69 Å². The Labute approximate surface area is 115 Å². The highest BCUT2D eigenvalue weighted by Gasteiger charge is 2.14. The lowest BCUT2D eigenvalue weighted by atomic mass is 10.2.